The zero-order valence-corrected chi connectivity index (χ0v) is 15.1. The zero-order chi connectivity index (χ0) is 15.9. The maximum absolute atomic E-state index is 12.2. The highest BCUT2D eigenvalue weighted by atomic mass is 32.2. The lowest BCUT2D eigenvalue weighted by molar-refractivity contribution is -0.123. The van der Waals surface area contributed by atoms with Crippen molar-refractivity contribution in [2.24, 2.45) is 0 Å². The highest BCUT2D eigenvalue weighted by molar-refractivity contribution is 8.19. The molecule has 1 aliphatic heterocycles. The number of ether oxygens (including phenoxy) is 1. The van der Waals surface area contributed by atoms with Crippen LogP contribution in [0.2, 0.25) is 0 Å². The van der Waals surface area contributed by atoms with Crippen molar-refractivity contribution in [3.63, 3.8) is 0 Å². The summed E-state index contributed by atoms with van der Waals surface area (Å²) in [5.41, 5.74) is 1.21. The number of carbonyl (C=O) groups is 1. The van der Waals surface area contributed by atoms with E-state index in [9.17, 15) is 4.79 Å². The van der Waals surface area contributed by atoms with Crippen molar-refractivity contribution in [1.82, 2.24) is 5.32 Å². The lowest BCUT2D eigenvalue weighted by atomic mass is 10.1. The highest BCUT2D eigenvalue weighted by Gasteiger charge is 2.22. The van der Waals surface area contributed by atoms with Gasteiger partial charge in [-0.25, -0.2) is 0 Å². The number of amides is 1. The Labute approximate surface area is 147 Å². The number of carbonyl (C=O) groups excluding carboxylic acids is 1. The molecule has 0 unspecified atom stereocenters. The Morgan fingerprint density at radius 2 is 1.78 bits per heavy atom. The third-order valence-corrected chi connectivity index (χ3v) is 7.44. The molecular formula is C18H25NO2S2. The third-order valence-electron chi connectivity index (χ3n) is 4.37. The molecule has 0 bridgehead atoms. The molecule has 1 N–H and O–H groups in total. The van der Waals surface area contributed by atoms with Gasteiger partial charge in [0.1, 0.15) is 5.75 Å². The van der Waals surface area contributed by atoms with Gasteiger partial charge in [0.2, 0.25) is 0 Å². The average molecular weight is 352 g/mol. The van der Waals surface area contributed by atoms with Crippen LogP contribution in [0.4, 0.5) is 0 Å². The van der Waals surface area contributed by atoms with E-state index in [4.69, 9.17) is 4.74 Å². The normalized spacial score (nSPS) is 20.2. The Morgan fingerprint density at radius 3 is 2.52 bits per heavy atom. The Hall–Kier alpha value is -0.810. The minimum absolute atomic E-state index is 0.0124. The van der Waals surface area contributed by atoms with Crippen LogP contribution in [-0.2, 0) is 4.79 Å². The SMILES string of the molecule is O=C(COc1ccccc1C1SCCS1)NC1CCCCCC1. The average Bonchev–Trinajstić information content (AvgIpc) is 2.99. The lowest BCUT2D eigenvalue weighted by Gasteiger charge is -2.18. The van der Waals surface area contributed by atoms with Crippen molar-refractivity contribution in [2.75, 3.05) is 18.1 Å². The third kappa shape index (κ3) is 5.08. The first kappa shape index (κ1) is 17.0. The number of hydrogen-bond acceptors (Lipinski definition) is 4. The summed E-state index contributed by atoms with van der Waals surface area (Å²) in [5, 5.41) is 3.14. The van der Waals surface area contributed by atoms with E-state index >= 15 is 0 Å². The summed E-state index contributed by atoms with van der Waals surface area (Å²) in [7, 11) is 0. The summed E-state index contributed by atoms with van der Waals surface area (Å²) < 4.78 is 6.29. The number of hydrogen-bond donors (Lipinski definition) is 1. The molecule has 1 heterocycles. The molecule has 1 amide bonds. The van der Waals surface area contributed by atoms with Crippen molar-refractivity contribution in [2.45, 2.75) is 49.1 Å². The quantitative estimate of drug-likeness (QED) is 0.799. The van der Waals surface area contributed by atoms with E-state index in [0.29, 0.717) is 10.6 Å². The molecule has 5 heteroatoms. The number of thioether (sulfide) groups is 2. The van der Waals surface area contributed by atoms with Crippen LogP contribution in [0.15, 0.2) is 24.3 Å². The van der Waals surface area contributed by atoms with Gasteiger partial charge in [-0.2, -0.15) is 0 Å². The Bertz CT molecular complexity index is 509. The molecule has 0 spiro atoms. The van der Waals surface area contributed by atoms with Crippen molar-refractivity contribution in [3.05, 3.63) is 29.8 Å². The van der Waals surface area contributed by atoms with Gasteiger partial charge in [0.15, 0.2) is 6.61 Å². The predicted octanol–water partition coefficient (Wildman–Crippen LogP) is 4.38. The van der Waals surface area contributed by atoms with Crippen LogP contribution in [0.1, 0.15) is 48.7 Å². The van der Waals surface area contributed by atoms with Crippen LogP contribution in [0, 0.1) is 0 Å². The van der Waals surface area contributed by atoms with Gasteiger partial charge in [-0.15, -0.1) is 23.5 Å². The molecule has 0 aromatic heterocycles. The van der Waals surface area contributed by atoms with E-state index in [1.165, 1.54) is 42.8 Å². The summed E-state index contributed by atoms with van der Waals surface area (Å²) in [6, 6.07) is 8.46. The van der Waals surface area contributed by atoms with Crippen LogP contribution >= 0.6 is 23.5 Å². The fraction of sp³-hybridized carbons (Fsp3) is 0.611. The second-order valence-electron chi connectivity index (χ2n) is 6.16. The van der Waals surface area contributed by atoms with Crippen LogP contribution < -0.4 is 10.1 Å². The first-order chi connectivity index (χ1) is 11.3. The highest BCUT2D eigenvalue weighted by Crippen LogP contribution is 2.48. The first-order valence-corrected chi connectivity index (χ1v) is 10.7. The van der Waals surface area contributed by atoms with Gasteiger partial charge >= 0.3 is 0 Å². The molecule has 1 aromatic carbocycles. The molecule has 1 aliphatic carbocycles. The summed E-state index contributed by atoms with van der Waals surface area (Å²) in [5.74, 6) is 3.24. The predicted molar refractivity (Wildman–Crippen MR) is 99.2 cm³/mol. The minimum Gasteiger partial charge on any atom is -0.483 e. The van der Waals surface area contributed by atoms with Crippen molar-refractivity contribution < 1.29 is 9.53 Å². The fourth-order valence-corrected chi connectivity index (χ4v) is 6.09. The molecule has 3 nitrogen and oxygen atoms in total. The number of rotatable bonds is 5. The Balaban J connectivity index is 1.52. The minimum atomic E-state index is 0.0124. The van der Waals surface area contributed by atoms with Crippen LogP contribution in [0.3, 0.4) is 0 Å². The first-order valence-electron chi connectivity index (χ1n) is 8.57. The molecule has 2 fully saturated rings. The summed E-state index contributed by atoms with van der Waals surface area (Å²) in [6.07, 6.45) is 7.27. The van der Waals surface area contributed by atoms with E-state index in [-0.39, 0.29) is 12.5 Å². The van der Waals surface area contributed by atoms with Crippen molar-refractivity contribution in [1.29, 1.82) is 0 Å². The van der Waals surface area contributed by atoms with Gasteiger partial charge in [0.25, 0.3) is 5.91 Å². The largest absolute Gasteiger partial charge is 0.483 e. The maximum atomic E-state index is 12.2. The molecule has 0 atom stereocenters. The summed E-state index contributed by atoms with van der Waals surface area (Å²) in [4.78, 5) is 12.2. The Morgan fingerprint density at radius 1 is 1.09 bits per heavy atom. The molecule has 2 aliphatic rings. The smallest absolute Gasteiger partial charge is 0.258 e. The maximum Gasteiger partial charge on any atom is 0.258 e. The molecule has 1 saturated heterocycles. The summed E-state index contributed by atoms with van der Waals surface area (Å²) >= 11 is 3.91. The van der Waals surface area contributed by atoms with E-state index in [1.807, 2.05) is 41.7 Å². The van der Waals surface area contributed by atoms with Gasteiger partial charge in [-0.1, -0.05) is 43.9 Å². The lowest BCUT2D eigenvalue weighted by Crippen LogP contribution is -2.37. The molecule has 23 heavy (non-hydrogen) atoms. The molecule has 1 saturated carbocycles. The van der Waals surface area contributed by atoms with Crippen molar-refractivity contribution in [3.8, 4) is 5.75 Å². The number of para-hydroxylation sites is 1. The fourth-order valence-electron chi connectivity index (χ4n) is 3.18. The number of benzene rings is 1. The Kier molecular flexibility index (Phi) is 6.57. The van der Waals surface area contributed by atoms with Crippen molar-refractivity contribution >= 4 is 29.4 Å². The van der Waals surface area contributed by atoms with Gasteiger partial charge in [-0.3, -0.25) is 4.79 Å². The molecule has 1 aromatic rings. The molecule has 3 rings (SSSR count). The van der Waals surface area contributed by atoms with Gasteiger partial charge < -0.3 is 10.1 Å². The number of nitrogens with one attached hydrogen (secondary N) is 1. The monoisotopic (exact) mass is 351 g/mol. The van der Waals surface area contributed by atoms with E-state index < -0.39 is 0 Å². The second-order valence-corrected chi connectivity index (χ2v) is 8.88. The van der Waals surface area contributed by atoms with Crippen LogP contribution in [-0.4, -0.2) is 30.1 Å². The van der Waals surface area contributed by atoms with Gasteiger partial charge in [0.05, 0.1) is 4.58 Å². The van der Waals surface area contributed by atoms with Crippen LogP contribution in [0.5, 0.6) is 5.75 Å². The molecular weight excluding hydrogens is 326 g/mol. The zero-order valence-electron chi connectivity index (χ0n) is 13.5. The van der Waals surface area contributed by atoms with Gasteiger partial charge in [-0.05, 0) is 18.9 Å². The summed E-state index contributed by atoms with van der Waals surface area (Å²) in [6.45, 7) is 0.121. The standard InChI is InChI=1S/C18H25NO2S2/c20-17(19-14-7-3-1-2-4-8-14)13-21-16-10-6-5-9-15(16)18-22-11-12-23-18/h5-6,9-10,14,18H,1-4,7-8,11-13H2,(H,19,20). The van der Waals surface area contributed by atoms with E-state index in [0.717, 1.165) is 18.6 Å². The van der Waals surface area contributed by atoms with Crippen LogP contribution in [0.25, 0.3) is 0 Å². The topological polar surface area (TPSA) is 38.3 Å². The van der Waals surface area contributed by atoms with Gasteiger partial charge in [0, 0.05) is 23.1 Å². The molecule has 126 valence electrons. The van der Waals surface area contributed by atoms with E-state index in [1.54, 1.807) is 0 Å². The second kappa shape index (κ2) is 8.88. The molecule has 0 radical (unpaired) electrons. The van der Waals surface area contributed by atoms with E-state index in [2.05, 4.69) is 11.4 Å².